The lowest BCUT2D eigenvalue weighted by molar-refractivity contribution is -0.127. The summed E-state index contributed by atoms with van der Waals surface area (Å²) in [7, 11) is 1.64. The molecule has 1 aromatic carbocycles. The van der Waals surface area contributed by atoms with Gasteiger partial charge in [-0.2, -0.15) is 0 Å². The Bertz CT molecular complexity index is 555. The normalized spacial score (nSPS) is 16.3. The molecule has 1 aliphatic heterocycles. The summed E-state index contributed by atoms with van der Waals surface area (Å²) in [6.07, 6.45) is -0.334. The number of benzene rings is 1. The first kappa shape index (κ1) is 17.1. The van der Waals surface area contributed by atoms with Gasteiger partial charge in [0, 0.05) is 26.6 Å². The second-order valence-corrected chi connectivity index (χ2v) is 6.61. The number of ether oxygens (including phenoxy) is 2. The van der Waals surface area contributed by atoms with Crippen LogP contribution in [0.15, 0.2) is 24.3 Å². The van der Waals surface area contributed by atoms with Crippen LogP contribution in [0.2, 0.25) is 0 Å². The van der Waals surface area contributed by atoms with E-state index < -0.39 is 17.8 Å². The van der Waals surface area contributed by atoms with Gasteiger partial charge in [-0.1, -0.05) is 18.2 Å². The molecule has 0 saturated carbocycles. The third-order valence-electron chi connectivity index (χ3n) is 3.39. The molecule has 126 valence electrons. The third kappa shape index (κ3) is 4.87. The van der Waals surface area contributed by atoms with Crippen LogP contribution in [0.3, 0.4) is 0 Å². The van der Waals surface area contributed by atoms with E-state index >= 15 is 0 Å². The lowest BCUT2D eigenvalue weighted by Crippen LogP contribution is -2.43. The van der Waals surface area contributed by atoms with Crippen molar-refractivity contribution in [1.29, 1.82) is 0 Å². The van der Waals surface area contributed by atoms with E-state index in [2.05, 4.69) is 5.32 Å². The zero-order chi connectivity index (χ0) is 17.0. The van der Waals surface area contributed by atoms with Crippen molar-refractivity contribution in [2.75, 3.05) is 20.1 Å². The first-order chi connectivity index (χ1) is 10.8. The van der Waals surface area contributed by atoms with Crippen LogP contribution >= 0.6 is 0 Å². The molecular weight excluding hydrogens is 296 g/mol. The van der Waals surface area contributed by atoms with E-state index in [0.29, 0.717) is 19.5 Å². The van der Waals surface area contributed by atoms with Crippen LogP contribution in [-0.4, -0.2) is 48.7 Å². The van der Waals surface area contributed by atoms with Gasteiger partial charge in [-0.15, -0.1) is 0 Å². The van der Waals surface area contributed by atoms with Crippen molar-refractivity contribution < 1.29 is 19.1 Å². The van der Waals surface area contributed by atoms with Crippen molar-refractivity contribution >= 4 is 12.0 Å². The molecule has 1 aromatic rings. The number of likely N-dealkylation sites (N-methyl/N-ethyl adjacent to an activating group) is 1. The number of nitrogens with one attached hydrogen (secondary N) is 1. The molecule has 0 aliphatic carbocycles. The van der Waals surface area contributed by atoms with Crippen LogP contribution in [0, 0.1) is 0 Å². The van der Waals surface area contributed by atoms with Crippen LogP contribution < -0.4 is 10.1 Å². The number of nitrogens with zero attached hydrogens (tertiary/aromatic N) is 1. The maximum Gasteiger partial charge on any atom is 0.410 e. The lowest BCUT2D eigenvalue weighted by atomic mass is 10.1. The van der Waals surface area contributed by atoms with Crippen LogP contribution in [-0.2, 0) is 16.0 Å². The predicted octanol–water partition coefficient (Wildman–Crippen LogP) is 1.97. The number of hydrogen-bond acceptors (Lipinski definition) is 4. The van der Waals surface area contributed by atoms with E-state index in [1.54, 1.807) is 7.05 Å². The Kier molecular flexibility index (Phi) is 5.13. The fourth-order valence-electron chi connectivity index (χ4n) is 2.22. The molecule has 1 atom stereocenters. The van der Waals surface area contributed by atoms with Crippen LogP contribution in [0.5, 0.6) is 5.75 Å². The zero-order valence-corrected chi connectivity index (χ0v) is 14.1. The number of hydrogen-bond donors (Lipinski definition) is 1. The predicted molar refractivity (Wildman–Crippen MR) is 86.4 cm³/mol. The number of para-hydroxylation sites is 1. The van der Waals surface area contributed by atoms with Gasteiger partial charge >= 0.3 is 6.09 Å². The Morgan fingerprint density at radius 1 is 1.35 bits per heavy atom. The lowest BCUT2D eigenvalue weighted by Gasteiger charge is -2.24. The monoisotopic (exact) mass is 320 g/mol. The summed E-state index contributed by atoms with van der Waals surface area (Å²) >= 11 is 0. The van der Waals surface area contributed by atoms with Crippen LogP contribution in [0.1, 0.15) is 26.3 Å². The van der Waals surface area contributed by atoms with Crippen molar-refractivity contribution in [3.8, 4) is 5.75 Å². The van der Waals surface area contributed by atoms with Gasteiger partial charge in [-0.3, -0.25) is 4.79 Å². The van der Waals surface area contributed by atoms with Gasteiger partial charge in [0.1, 0.15) is 11.4 Å². The van der Waals surface area contributed by atoms with E-state index in [-0.39, 0.29) is 5.91 Å². The average molecular weight is 320 g/mol. The third-order valence-corrected chi connectivity index (χ3v) is 3.39. The highest BCUT2D eigenvalue weighted by Crippen LogP contribution is 2.27. The summed E-state index contributed by atoms with van der Waals surface area (Å²) in [6, 6.07) is 7.63. The molecule has 1 heterocycles. The molecular formula is C17H24N2O4. The summed E-state index contributed by atoms with van der Waals surface area (Å²) < 4.78 is 10.9. The maximum absolute atomic E-state index is 12.1. The molecule has 2 rings (SSSR count). The summed E-state index contributed by atoms with van der Waals surface area (Å²) in [4.78, 5) is 25.4. The standard InChI is InChI=1S/C17H24N2O4/c1-17(2,3)23-16(21)19(4)10-9-18-15(20)14-11-12-7-5-6-8-13(12)22-14/h5-8,14H,9-11H2,1-4H3,(H,18,20)/t14-/m0/s1. The van der Waals surface area contributed by atoms with E-state index in [0.717, 1.165) is 11.3 Å². The molecule has 6 nitrogen and oxygen atoms in total. The zero-order valence-electron chi connectivity index (χ0n) is 14.1. The number of amides is 2. The molecule has 0 bridgehead atoms. The minimum Gasteiger partial charge on any atom is -0.480 e. The molecule has 2 amide bonds. The summed E-state index contributed by atoms with van der Waals surface area (Å²) in [5, 5.41) is 2.79. The number of rotatable bonds is 4. The molecule has 0 fully saturated rings. The Balaban J connectivity index is 1.73. The van der Waals surface area contributed by atoms with E-state index in [4.69, 9.17) is 9.47 Å². The van der Waals surface area contributed by atoms with Crippen LogP contribution in [0.4, 0.5) is 4.79 Å². The summed E-state index contributed by atoms with van der Waals surface area (Å²) in [5.41, 5.74) is 0.511. The molecule has 0 unspecified atom stereocenters. The molecule has 6 heteroatoms. The number of carbonyl (C=O) groups excluding carboxylic acids is 2. The minimum absolute atomic E-state index is 0.168. The molecule has 23 heavy (non-hydrogen) atoms. The highest BCUT2D eigenvalue weighted by atomic mass is 16.6. The minimum atomic E-state index is -0.530. The molecule has 0 aromatic heterocycles. The van der Waals surface area contributed by atoms with Gasteiger partial charge in [-0.05, 0) is 32.4 Å². The van der Waals surface area contributed by atoms with Gasteiger partial charge < -0.3 is 19.7 Å². The van der Waals surface area contributed by atoms with E-state index in [9.17, 15) is 9.59 Å². The van der Waals surface area contributed by atoms with Gasteiger partial charge in [-0.25, -0.2) is 4.79 Å². The average Bonchev–Trinajstić information content (AvgIpc) is 2.89. The highest BCUT2D eigenvalue weighted by Gasteiger charge is 2.28. The van der Waals surface area contributed by atoms with Gasteiger partial charge in [0.05, 0.1) is 0 Å². The van der Waals surface area contributed by atoms with Gasteiger partial charge in [0.2, 0.25) is 0 Å². The van der Waals surface area contributed by atoms with Gasteiger partial charge in [0.15, 0.2) is 6.10 Å². The summed E-state index contributed by atoms with van der Waals surface area (Å²) in [5.74, 6) is 0.595. The fraction of sp³-hybridized carbons (Fsp3) is 0.529. The first-order valence-electron chi connectivity index (χ1n) is 7.72. The molecule has 0 spiro atoms. The van der Waals surface area contributed by atoms with Crippen molar-refractivity contribution in [3.63, 3.8) is 0 Å². The fourth-order valence-corrected chi connectivity index (χ4v) is 2.22. The van der Waals surface area contributed by atoms with Crippen molar-refractivity contribution in [2.45, 2.75) is 38.9 Å². The SMILES string of the molecule is CN(CCNC(=O)[C@@H]1Cc2ccccc2O1)C(=O)OC(C)(C)C. The largest absolute Gasteiger partial charge is 0.480 e. The molecule has 0 saturated heterocycles. The van der Waals surface area contributed by atoms with Crippen molar-refractivity contribution in [1.82, 2.24) is 10.2 Å². The van der Waals surface area contributed by atoms with E-state index in [1.165, 1.54) is 4.90 Å². The summed E-state index contributed by atoms with van der Waals surface area (Å²) in [6.45, 7) is 6.17. The van der Waals surface area contributed by atoms with E-state index in [1.807, 2.05) is 45.0 Å². The second-order valence-electron chi connectivity index (χ2n) is 6.61. The Labute approximate surface area is 136 Å². The Hall–Kier alpha value is -2.24. The highest BCUT2D eigenvalue weighted by molar-refractivity contribution is 5.82. The maximum atomic E-state index is 12.1. The number of carbonyl (C=O) groups is 2. The topological polar surface area (TPSA) is 67.9 Å². The number of fused-ring (bicyclic) bond motifs is 1. The Morgan fingerprint density at radius 3 is 2.70 bits per heavy atom. The van der Waals surface area contributed by atoms with Crippen molar-refractivity contribution in [3.05, 3.63) is 29.8 Å². The molecule has 0 radical (unpaired) electrons. The second kappa shape index (κ2) is 6.89. The Morgan fingerprint density at radius 2 is 2.04 bits per heavy atom. The quantitative estimate of drug-likeness (QED) is 0.921. The molecule has 1 aliphatic rings. The van der Waals surface area contributed by atoms with Gasteiger partial charge in [0.25, 0.3) is 5.91 Å². The molecule has 1 N–H and O–H groups in total. The van der Waals surface area contributed by atoms with Crippen molar-refractivity contribution in [2.24, 2.45) is 0 Å². The smallest absolute Gasteiger partial charge is 0.410 e. The first-order valence-corrected chi connectivity index (χ1v) is 7.72. The van der Waals surface area contributed by atoms with Crippen LogP contribution in [0.25, 0.3) is 0 Å².